The molecule has 2 heterocycles. The third kappa shape index (κ3) is 9.36. The smallest absolute Gasteiger partial charge is 0.242 e. The number of ether oxygens (including phenoxy) is 3. The summed E-state index contributed by atoms with van der Waals surface area (Å²) in [6, 6.07) is 9.46. The summed E-state index contributed by atoms with van der Waals surface area (Å²) in [5.74, 6) is 1.99. The van der Waals surface area contributed by atoms with Gasteiger partial charge in [-0.25, -0.2) is 0 Å². The molecule has 0 aliphatic carbocycles. The van der Waals surface area contributed by atoms with Gasteiger partial charge in [0.25, 0.3) is 0 Å². The van der Waals surface area contributed by atoms with Crippen LogP contribution >= 0.6 is 0 Å². The van der Waals surface area contributed by atoms with E-state index in [9.17, 15) is 9.59 Å². The van der Waals surface area contributed by atoms with Gasteiger partial charge in [-0.3, -0.25) is 14.5 Å². The largest absolute Gasteiger partial charge is 0.493 e. The van der Waals surface area contributed by atoms with Crippen molar-refractivity contribution in [3.63, 3.8) is 0 Å². The highest BCUT2D eigenvalue weighted by atomic mass is 16.5. The lowest BCUT2D eigenvalue weighted by molar-refractivity contribution is -0.141. The number of hydrogen-bond donors (Lipinski definition) is 0. The fourth-order valence-electron chi connectivity index (χ4n) is 4.53. The average molecular weight is 530 g/mol. The summed E-state index contributed by atoms with van der Waals surface area (Å²) in [6.07, 6.45) is 5.30. The van der Waals surface area contributed by atoms with E-state index in [-0.39, 0.29) is 18.4 Å². The maximum absolute atomic E-state index is 13.6. The number of unbranched alkanes of at least 4 members (excludes halogenated alkanes) is 1. The first kappa shape index (κ1) is 29.5. The van der Waals surface area contributed by atoms with E-state index in [0.717, 1.165) is 57.7 Å². The van der Waals surface area contributed by atoms with Crippen LogP contribution in [-0.2, 0) is 27.3 Å². The lowest BCUT2D eigenvalue weighted by atomic mass is 10.1. The van der Waals surface area contributed by atoms with Crippen LogP contribution in [0.1, 0.15) is 43.9 Å². The van der Waals surface area contributed by atoms with Crippen LogP contribution in [0.3, 0.4) is 0 Å². The predicted octanol–water partition coefficient (Wildman–Crippen LogP) is 3.61. The summed E-state index contributed by atoms with van der Waals surface area (Å²) in [7, 11) is 3.22. The molecule has 1 saturated heterocycles. The van der Waals surface area contributed by atoms with Crippen molar-refractivity contribution in [1.29, 1.82) is 0 Å². The van der Waals surface area contributed by atoms with Gasteiger partial charge in [-0.15, -0.1) is 0 Å². The summed E-state index contributed by atoms with van der Waals surface area (Å²) in [4.78, 5) is 32.5. The highest BCUT2D eigenvalue weighted by Gasteiger charge is 2.22. The maximum atomic E-state index is 13.6. The first-order valence-electron chi connectivity index (χ1n) is 13.6. The van der Waals surface area contributed by atoms with Gasteiger partial charge in [0.15, 0.2) is 11.5 Å². The van der Waals surface area contributed by atoms with Crippen LogP contribution in [-0.4, -0.2) is 93.2 Å². The number of hydrogen-bond acceptors (Lipinski definition) is 7. The lowest BCUT2D eigenvalue weighted by Gasteiger charge is -2.30. The van der Waals surface area contributed by atoms with Crippen molar-refractivity contribution in [3.8, 4) is 11.5 Å². The van der Waals surface area contributed by atoms with Gasteiger partial charge in [0.1, 0.15) is 5.76 Å². The third-order valence-electron chi connectivity index (χ3n) is 6.83. The van der Waals surface area contributed by atoms with Gasteiger partial charge in [0, 0.05) is 39.1 Å². The number of benzene rings is 1. The third-order valence-corrected chi connectivity index (χ3v) is 6.83. The molecule has 0 unspecified atom stereocenters. The second-order valence-electron chi connectivity index (χ2n) is 9.56. The SMILES string of the molecule is CCCCC(=O)N(CCCN1CCOCC1)CC(=O)N(CCc1ccc(OC)c(OC)c1)Cc1ccco1. The lowest BCUT2D eigenvalue weighted by Crippen LogP contribution is -2.44. The number of morpholine rings is 1. The molecule has 9 heteroatoms. The van der Waals surface area contributed by atoms with Crippen molar-refractivity contribution in [3.05, 3.63) is 47.9 Å². The normalized spacial score (nSPS) is 13.8. The monoisotopic (exact) mass is 529 g/mol. The Kier molecular flexibility index (Phi) is 12.5. The first-order valence-corrected chi connectivity index (χ1v) is 13.6. The van der Waals surface area contributed by atoms with Gasteiger partial charge in [-0.05, 0) is 49.1 Å². The Morgan fingerprint density at radius 2 is 1.76 bits per heavy atom. The van der Waals surface area contributed by atoms with Crippen LogP contribution in [0.5, 0.6) is 11.5 Å². The van der Waals surface area contributed by atoms with Crippen molar-refractivity contribution < 1.29 is 28.2 Å². The molecular formula is C29H43N3O6. The molecule has 0 atom stereocenters. The standard InChI is InChI=1S/C29H43N3O6/c1-4-5-9-28(33)31(14-7-13-30-16-19-37-20-17-30)23-29(34)32(22-25-8-6-18-38-25)15-12-24-10-11-26(35-2)27(21-24)36-3/h6,8,10-11,18,21H,4-5,7,9,12-17,19-20,22-23H2,1-3H3. The molecular weight excluding hydrogens is 486 g/mol. The molecule has 38 heavy (non-hydrogen) atoms. The predicted molar refractivity (Wildman–Crippen MR) is 145 cm³/mol. The summed E-state index contributed by atoms with van der Waals surface area (Å²) < 4.78 is 21.8. The second kappa shape index (κ2) is 16.0. The number of amides is 2. The van der Waals surface area contributed by atoms with Gasteiger partial charge >= 0.3 is 0 Å². The average Bonchev–Trinajstić information content (AvgIpc) is 3.47. The van der Waals surface area contributed by atoms with Crippen LogP contribution in [0.4, 0.5) is 0 Å². The van der Waals surface area contributed by atoms with Gasteiger partial charge in [0.05, 0.1) is 46.8 Å². The highest BCUT2D eigenvalue weighted by Crippen LogP contribution is 2.27. The van der Waals surface area contributed by atoms with Crippen molar-refractivity contribution in [2.75, 3.05) is 66.7 Å². The Hall–Kier alpha value is -3.04. The number of carbonyl (C=O) groups is 2. The van der Waals surface area contributed by atoms with Crippen LogP contribution in [0.15, 0.2) is 41.0 Å². The molecule has 210 valence electrons. The van der Waals surface area contributed by atoms with Crippen molar-refractivity contribution in [1.82, 2.24) is 14.7 Å². The molecule has 9 nitrogen and oxygen atoms in total. The summed E-state index contributed by atoms with van der Waals surface area (Å²) in [6.45, 7) is 7.76. The molecule has 2 aromatic rings. The Balaban J connectivity index is 1.66. The summed E-state index contributed by atoms with van der Waals surface area (Å²) >= 11 is 0. The topological polar surface area (TPSA) is 84.7 Å². The van der Waals surface area contributed by atoms with E-state index in [0.29, 0.717) is 49.7 Å². The minimum atomic E-state index is -0.0851. The molecule has 1 aliphatic rings. The van der Waals surface area contributed by atoms with Crippen LogP contribution in [0.2, 0.25) is 0 Å². The molecule has 1 aromatic heterocycles. The number of nitrogens with zero attached hydrogens (tertiary/aromatic N) is 3. The minimum Gasteiger partial charge on any atom is -0.493 e. The van der Waals surface area contributed by atoms with E-state index in [1.165, 1.54) is 0 Å². The van der Waals surface area contributed by atoms with E-state index in [2.05, 4.69) is 11.8 Å². The molecule has 0 radical (unpaired) electrons. The van der Waals surface area contributed by atoms with Crippen LogP contribution < -0.4 is 9.47 Å². The van der Waals surface area contributed by atoms with Gasteiger partial charge < -0.3 is 28.4 Å². The van der Waals surface area contributed by atoms with E-state index < -0.39 is 0 Å². The molecule has 0 saturated carbocycles. The Morgan fingerprint density at radius 3 is 2.45 bits per heavy atom. The highest BCUT2D eigenvalue weighted by molar-refractivity contribution is 5.84. The number of methoxy groups -OCH3 is 2. The summed E-state index contributed by atoms with van der Waals surface area (Å²) in [5.41, 5.74) is 1.03. The molecule has 1 aromatic carbocycles. The molecule has 0 spiro atoms. The molecule has 0 N–H and O–H groups in total. The van der Waals surface area contributed by atoms with Crippen molar-refractivity contribution in [2.45, 2.75) is 45.6 Å². The molecule has 2 amide bonds. The number of carbonyl (C=O) groups excluding carboxylic acids is 2. The van der Waals surface area contributed by atoms with E-state index >= 15 is 0 Å². The fourth-order valence-corrected chi connectivity index (χ4v) is 4.53. The fraction of sp³-hybridized carbons (Fsp3) is 0.586. The number of rotatable bonds is 16. The van der Waals surface area contributed by atoms with Gasteiger partial charge in [0.2, 0.25) is 11.8 Å². The quantitative estimate of drug-likeness (QED) is 0.328. The molecule has 1 fully saturated rings. The Morgan fingerprint density at radius 1 is 0.974 bits per heavy atom. The maximum Gasteiger partial charge on any atom is 0.242 e. The van der Waals surface area contributed by atoms with Gasteiger partial charge in [-0.1, -0.05) is 19.4 Å². The van der Waals surface area contributed by atoms with Gasteiger partial charge in [-0.2, -0.15) is 0 Å². The Labute approximate surface area is 226 Å². The molecule has 1 aliphatic heterocycles. The van der Waals surface area contributed by atoms with Crippen LogP contribution in [0.25, 0.3) is 0 Å². The van der Waals surface area contributed by atoms with Crippen molar-refractivity contribution in [2.24, 2.45) is 0 Å². The first-order chi connectivity index (χ1) is 18.5. The van der Waals surface area contributed by atoms with Crippen molar-refractivity contribution >= 4 is 11.8 Å². The number of furan rings is 1. The van der Waals surface area contributed by atoms with E-state index in [4.69, 9.17) is 18.6 Å². The zero-order valence-electron chi connectivity index (χ0n) is 23.2. The molecule has 0 bridgehead atoms. The van der Waals surface area contributed by atoms with Crippen LogP contribution in [0, 0.1) is 0 Å². The zero-order valence-corrected chi connectivity index (χ0v) is 23.2. The second-order valence-corrected chi connectivity index (χ2v) is 9.56. The summed E-state index contributed by atoms with van der Waals surface area (Å²) in [5, 5.41) is 0. The zero-order chi connectivity index (χ0) is 27.2. The van der Waals surface area contributed by atoms with E-state index in [1.54, 1.807) is 30.3 Å². The molecule has 3 rings (SSSR count). The Bertz CT molecular complexity index is 975. The minimum absolute atomic E-state index is 0.0417. The van der Waals surface area contributed by atoms with E-state index in [1.807, 2.05) is 30.3 Å².